The van der Waals surface area contributed by atoms with Crippen molar-refractivity contribution in [3.63, 3.8) is 0 Å². The molecule has 0 radical (unpaired) electrons. The maximum Gasteiger partial charge on any atom is 0.320 e. The number of piperazine rings is 1. The predicted molar refractivity (Wildman–Crippen MR) is 55.3 cm³/mol. The van der Waals surface area contributed by atoms with Gasteiger partial charge in [0.25, 0.3) is 0 Å². The van der Waals surface area contributed by atoms with E-state index in [4.69, 9.17) is 10.4 Å². The van der Waals surface area contributed by atoms with Crippen molar-refractivity contribution in [1.82, 2.24) is 9.80 Å². The van der Waals surface area contributed by atoms with Gasteiger partial charge in [-0.2, -0.15) is 5.26 Å². The first-order valence-electron chi connectivity index (χ1n) is 5.21. The Morgan fingerprint density at radius 1 is 1.47 bits per heavy atom. The maximum atomic E-state index is 10.8. The Morgan fingerprint density at radius 2 is 2.07 bits per heavy atom. The fourth-order valence-corrected chi connectivity index (χ4v) is 1.74. The second kappa shape index (κ2) is 5.69. The van der Waals surface area contributed by atoms with Gasteiger partial charge in [-0.25, -0.2) is 0 Å². The molecule has 0 aromatic heterocycles. The molecule has 0 bridgehead atoms. The standard InChI is InChI=1S/C10H17N3O2/c1-9(10(14)15)13-7-5-12(6-8-13)4-2-3-11/h9H,2,4-8H2,1H3,(H,14,15). The van der Waals surface area contributed by atoms with E-state index in [0.29, 0.717) is 6.42 Å². The summed E-state index contributed by atoms with van der Waals surface area (Å²) in [5, 5.41) is 17.3. The average Bonchev–Trinajstić information content (AvgIpc) is 2.26. The van der Waals surface area contributed by atoms with Crippen LogP contribution in [0.3, 0.4) is 0 Å². The van der Waals surface area contributed by atoms with Crippen molar-refractivity contribution in [3.05, 3.63) is 0 Å². The Labute approximate surface area is 89.9 Å². The van der Waals surface area contributed by atoms with Crippen molar-refractivity contribution >= 4 is 5.97 Å². The van der Waals surface area contributed by atoms with Crippen molar-refractivity contribution in [2.24, 2.45) is 0 Å². The summed E-state index contributed by atoms with van der Waals surface area (Å²) in [5.74, 6) is -0.763. The van der Waals surface area contributed by atoms with E-state index < -0.39 is 12.0 Å². The highest BCUT2D eigenvalue weighted by Gasteiger charge is 2.24. The number of hydrogen-bond acceptors (Lipinski definition) is 4. The molecule has 84 valence electrons. The summed E-state index contributed by atoms with van der Waals surface area (Å²) in [6, 6.07) is 1.72. The zero-order valence-corrected chi connectivity index (χ0v) is 9.02. The molecule has 1 aliphatic rings. The summed E-state index contributed by atoms with van der Waals surface area (Å²) in [6.45, 7) is 5.79. The zero-order valence-electron chi connectivity index (χ0n) is 9.02. The van der Waals surface area contributed by atoms with Gasteiger partial charge in [-0.3, -0.25) is 14.6 Å². The highest BCUT2D eigenvalue weighted by molar-refractivity contribution is 5.72. The largest absolute Gasteiger partial charge is 0.480 e. The molecule has 1 heterocycles. The van der Waals surface area contributed by atoms with Crippen molar-refractivity contribution in [2.75, 3.05) is 32.7 Å². The molecule has 0 amide bonds. The number of rotatable bonds is 4. The molecule has 1 rings (SSSR count). The second-order valence-corrected chi connectivity index (χ2v) is 3.80. The molecule has 1 N–H and O–H groups in total. The first-order chi connectivity index (χ1) is 7.15. The minimum Gasteiger partial charge on any atom is -0.480 e. The topological polar surface area (TPSA) is 67.6 Å². The van der Waals surface area contributed by atoms with Crippen LogP contribution < -0.4 is 0 Å². The van der Waals surface area contributed by atoms with Gasteiger partial charge in [-0.05, 0) is 6.92 Å². The Balaban J connectivity index is 2.30. The third-order valence-electron chi connectivity index (χ3n) is 2.85. The molecule has 1 atom stereocenters. The van der Waals surface area contributed by atoms with Crippen LogP contribution in [0.5, 0.6) is 0 Å². The molecule has 1 unspecified atom stereocenters. The molecule has 5 nitrogen and oxygen atoms in total. The fourth-order valence-electron chi connectivity index (χ4n) is 1.74. The third-order valence-corrected chi connectivity index (χ3v) is 2.85. The van der Waals surface area contributed by atoms with Crippen LogP contribution in [-0.2, 0) is 4.79 Å². The van der Waals surface area contributed by atoms with Crippen LogP contribution in [0.15, 0.2) is 0 Å². The number of nitriles is 1. The monoisotopic (exact) mass is 211 g/mol. The van der Waals surface area contributed by atoms with Gasteiger partial charge >= 0.3 is 5.97 Å². The van der Waals surface area contributed by atoms with E-state index in [-0.39, 0.29) is 0 Å². The number of aliphatic carboxylic acids is 1. The van der Waals surface area contributed by atoms with E-state index in [1.54, 1.807) is 6.92 Å². The van der Waals surface area contributed by atoms with E-state index >= 15 is 0 Å². The van der Waals surface area contributed by atoms with Crippen LogP contribution in [0.4, 0.5) is 0 Å². The van der Waals surface area contributed by atoms with E-state index in [9.17, 15) is 4.79 Å². The van der Waals surface area contributed by atoms with E-state index in [0.717, 1.165) is 32.7 Å². The van der Waals surface area contributed by atoms with Crippen molar-refractivity contribution in [1.29, 1.82) is 5.26 Å². The van der Waals surface area contributed by atoms with Gasteiger partial charge in [0.1, 0.15) is 6.04 Å². The normalized spacial score (nSPS) is 20.8. The van der Waals surface area contributed by atoms with Crippen LogP contribution in [0.1, 0.15) is 13.3 Å². The summed E-state index contributed by atoms with van der Waals surface area (Å²) >= 11 is 0. The van der Waals surface area contributed by atoms with Gasteiger partial charge < -0.3 is 5.11 Å². The van der Waals surface area contributed by atoms with Gasteiger partial charge in [-0.15, -0.1) is 0 Å². The van der Waals surface area contributed by atoms with Crippen molar-refractivity contribution in [2.45, 2.75) is 19.4 Å². The zero-order chi connectivity index (χ0) is 11.3. The number of carboxylic acid groups (broad SMARTS) is 1. The number of carboxylic acids is 1. The molecule has 0 saturated carbocycles. The van der Waals surface area contributed by atoms with Crippen LogP contribution in [0.25, 0.3) is 0 Å². The van der Waals surface area contributed by atoms with Crippen molar-refractivity contribution < 1.29 is 9.90 Å². The minimum atomic E-state index is -0.763. The molecule has 1 saturated heterocycles. The molecule has 5 heteroatoms. The summed E-state index contributed by atoms with van der Waals surface area (Å²) in [5.41, 5.74) is 0. The van der Waals surface area contributed by atoms with Gasteiger partial charge in [-0.1, -0.05) is 0 Å². The van der Waals surface area contributed by atoms with Crippen LogP contribution in [-0.4, -0.2) is 59.6 Å². The van der Waals surface area contributed by atoms with Crippen molar-refractivity contribution in [3.8, 4) is 6.07 Å². The molecule has 0 aromatic carbocycles. The molecular weight excluding hydrogens is 194 g/mol. The summed E-state index contributed by atoms with van der Waals surface area (Å²) in [6.07, 6.45) is 0.550. The molecule has 1 fully saturated rings. The van der Waals surface area contributed by atoms with Crippen LogP contribution in [0, 0.1) is 11.3 Å². The lowest BCUT2D eigenvalue weighted by atomic mass is 10.2. The number of carbonyl (C=O) groups is 1. The lowest BCUT2D eigenvalue weighted by Crippen LogP contribution is -2.51. The first kappa shape index (κ1) is 12.0. The van der Waals surface area contributed by atoms with E-state index in [2.05, 4.69) is 11.0 Å². The Hall–Kier alpha value is -1.12. The molecule has 15 heavy (non-hydrogen) atoms. The lowest BCUT2D eigenvalue weighted by molar-refractivity contribution is -0.143. The fraction of sp³-hybridized carbons (Fsp3) is 0.800. The van der Waals surface area contributed by atoms with Gasteiger partial charge in [0.2, 0.25) is 0 Å². The summed E-state index contributed by atoms with van der Waals surface area (Å²) in [7, 11) is 0. The SMILES string of the molecule is CC(C(=O)O)N1CCN(CCC#N)CC1. The Morgan fingerprint density at radius 3 is 2.53 bits per heavy atom. The number of nitrogens with zero attached hydrogens (tertiary/aromatic N) is 3. The Kier molecular flexibility index (Phi) is 4.53. The summed E-state index contributed by atoms with van der Waals surface area (Å²) in [4.78, 5) is 14.9. The van der Waals surface area contributed by atoms with Crippen LogP contribution >= 0.6 is 0 Å². The highest BCUT2D eigenvalue weighted by atomic mass is 16.4. The molecule has 0 aromatic rings. The average molecular weight is 211 g/mol. The smallest absolute Gasteiger partial charge is 0.320 e. The van der Waals surface area contributed by atoms with Gasteiger partial charge in [0.05, 0.1) is 6.07 Å². The van der Waals surface area contributed by atoms with E-state index in [1.807, 2.05) is 4.90 Å². The number of hydrogen-bond donors (Lipinski definition) is 1. The molecular formula is C10H17N3O2. The lowest BCUT2D eigenvalue weighted by Gasteiger charge is -2.36. The predicted octanol–water partition coefficient (Wildman–Crippen LogP) is -0.00922. The van der Waals surface area contributed by atoms with Gasteiger partial charge in [0.15, 0.2) is 0 Å². The Bertz CT molecular complexity index is 254. The highest BCUT2D eigenvalue weighted by Crippen LogP contribution is 2.06. The third kappa shape index (κ3) is 3.50. The quantitative estimate of drug-likeness (QED) is 0.708. The molecule has 1 aliphatic heterocycles. The van der Waals surface area contributed by atoms with Gasteiger partial charge in [0, 0.05) is 39.1 Å². The van der Waals surface area contributed by atoms with E-state index in [1.165, 1.54) is 0 Å². The minimum absolute atomic E-state index is 0.400. The first-order valence-corrected chi connectivity index (χ1v) is 5.21. The maximum absolute atomic E-state index is 10.8. The molecule has 0 aliphatic carbocycles. The molecule has 0 spiro atoms. The second-order valence-electron chi connectivity index (χ2n) is 3.80. The van der Waals surface area contributed by atoms with Crippen LogP contribution in [0.2, 0.25) is 0 Å². The summed E-state index contributed by atoms with van der Waals surface area (Å²) < 4.78 is 0.